The minimum absolute atomic E-state index is 0.175. The van der Waals surface area contributed by atoms with Crippen molar-refractivity contribution in [1.29, 1.82) is 0 Å². The molecular formula is C13H23N3O2S. The maximum atomic E-state index is 12.3. The number of nitrogens with one attached hydrogen (secondary N) is 1. The Morgan fingerprint density at radius 3 is 2.89 bits per heavy atom. The average Bonchev–Trinajstić information content (AvgIpc) is 2.78. The highest BCUT2D eigenvalue weighted by Crippen LogP contribution is 2.30. The number of hydrogen-bond donors (Lipinski definition) is 1. The molecular weight excluding hydrogens is 262 g/mol. The van der Waals surface area contributed by atoms with E-state index in [9.17, 15) is 8.42 Å². The largest absolute Gasteiger partial charge is 0.308 e. The van der Waals surface area contributed by atoms with E-state index in [1.54, 1.807) is 4.68 Å². The van der Waals surface area contributed by atoms with Crippen LogP contribution in [0.4, 0.5) is 0 Å². The van der Waals surface area contributed by atoms with Crippen molar-refractivity contribution in [2.24, 2.45) is 7.05 Å². The molecule has 0 aliphatic carbocycles. The molecule has 0 spiro atoms. The summed E-state index contributed by atoms with van der Waals surface area (Å²) in [4.78, 5) is 0. The molecule has 1 aromatic heterocycles. The number of nitrogens with zero attached hydrogens (tertiary/aromatic N) is 2. The Labute approximate surface area is 115 Å². The number of aromatic nitrogens is 2. The van der Waals surface area contributed by atoms with Crippen molar-refractivity contribution in [3.63, 3.8) is 0 Å². The highest BCUT2D eigenvalue weighted by Gasteiger charge is 2.37. The van der Waals surface area contributed by atoms with Crippen LogP contribution in [0.2, 0.25) is 0 Å². The zero-order valence-electron chi connectivity index (χ0n) is 11.7. The van der Waals surface area contributed by atoms with Gasteiger partial charge in [-0.25, -0.2) is 8.42 Å². The van der Waals surface area contributed by atoms with E-state index in [1.165, 1.54) is 0 Å². The fourth-order valence-corrected chi connectivity index (χ4v) is 4.76. The first-order valence-electron chi connectivity index (χ1n) is 6.99. The van der Waals surface area contributed by atoms with E-state index >= 15 is 0 Å². The molecule has 0 saturated carbocycles. The van der Waals surface area contributed by atoms with Crippen LogP contribution in [0.1, 0.15) is 44.3 Å². The van der Waals surface area contributed by atoms with Gasteiger partial charge in [0.15, 0.2) is 9.84 Å². The quantitative estimate of drug-likeness (QED) is 0.889. The van der Waals surface area contributed by atoms with Crippen LogP contribution in [0.15, 0.2) is 12.3 Å². The molecule has 6 heteroatoms. The van der Waals surface area contributed by atoms with Crippen molar-refractivity contribution in [1.82, 2.24) is 15.1 Å². The van der Waals surface area contributed by atoms with E-state index < -0.39 is 9.84 Å². The molecule has 108 valence electrons. The Morgan fingerprint density at radius 1 is 1.53 bits per heavy atom. The second kappa shape index (κ2) is 6.05. The van der Waals surface area contributed by atoms with Crippen molar-refractivity contribution in [3.05, 3.63) is 18.0 Å². The molecule has 1 saturated heterocycles. The monoisotopic (exact) mass is 285 g/mol. The van der Waals surface area contributed by atoms with Crippen LogP contribution in [0.3, 0.4) is 0 Å². The minimum atomic E-state index is -3.00. The maximum Gasteiger partial charge on any atom is 0.155 e. The smallest absolute Gasteiger partial charge is 0.155 e. The van der Waals surface area contributed by atoms with Gasteiger partial charge in [0.05, 0.1) is 22.7 Å². The predicted octanol–water partition coefficient (Wildman–Crippen LogP) is 1.43. The van der Waals surface area contributed by atoms with Crippen molar-refractivity contribution in [2.75, 3.05) is 12.3 Å². The third kappa shape index (κ3) is 3.36. The number of hydrogen-bond acceptors (Lipinski definition) is 4. The Kier molecular flexibility index (Phi) is 4.62. The van der Waals surface area contributed by atoms with Gasteiger partial charge in [-0.15, -0.1) is 0 Å². The summed E-state index contributed by atoms with van der Waals surface area (Å²) in [6.45, 7) is 2.89. The summed E-state index contributed by atoms with van der Waals surface area (Å²) in [6.07, 6.45) is 5.37. The van der Waals surface area contributed by atoms with Gasteiger partial charge in [-0.1, -0.05) is 13.3 Å². The fraction of sp³-hybridized carbons (Fsp3) is 0.769. The molecule has 0 bridgehead atoms. The SMILES string of the molecule is CCCNC(c1ccn(C)n1)C1CCCCS1(=O)=O. The summed E-state index contributed by atoms with van der Waals surface area (Å²) in [6, 6.07) is 1.74. The fourth-order valence-electron chi connectivity index (χ4n) is 2.68. The lowest BCUT2D eigenvalue weighted by Gasteiger charge is -2.29. The van der Waals surface area contributed by atoms with Gasteiger partial charge in [0.1, 0.15) is 0 Å². The van der Waals surface area contributed by atoms with Gasteiger partial charge in [0, 0.05) is 13.2 Å². The maximum absolute atomic E-state index is 12.3. The highest BCUT2D eigenvalue weighted by atomic mass is 32.2. The van der Waals surface area contributed by atoms with Crippen molar-refractivity contribution < 1.29 is 8.42 Å². The Bertz CT molecular complexity index is 510. The second-order valence-electron chi connectivity index (χ2n) is 5.25. The molecule has 2 unspecified atom stereocenters. The molecule has 1 aromatic rings. The molecule has 5 nitrogen and oxygen atoms in total. The summed E-state index contributed by atoms with van der Waals surface area (Å²) in [5, 5.41) is 7.43. The van der Waals surface area contributed by atoms with Crippen LogP contribution >= 0.6 is 0 Å². The van der Waals surface area contributed by atoms with Crippen LogP contribution in [-0.2, 0) is 16.9 Å². The predicted molar refractivity (Wildman–Crippen MR) is 75.7 cm³/mol. The number of aryl methyl sites for hydroxylation is 1. The van der Waals surface area contributed by atoms with E-state index in [0.717, 1.165) is 37.9 Å². The standard InChI is InChI=1S/C13H23N3O2S/c1-3-8-14-13(11-7-9-16(2)15-11)12-6-4-5-10-19(12,17)18/h7,9,12-14H,3-6,8,10H2,1-2H3. The molecule has 0 radical (unpaired) electrons. The zero-order valence-corrected chi connectivity index (χ0v) is 12.5. The van der Waals surface area contributed by atoms with E-state index in [0.29, 0.717) is 5.75 Å². The summed E-state index contributed by atoms with van der Waals surface area (Å²) in [7, 11) is -1.15. The van der Waals surface area contributed by atoms with Gasteiger partial charge in [0.2, 0.25) is 0 Å². The van der Waals surface area contributed by atoms with E-state index in [4.69, 9.17) is 0 Å². The van der Waals surface area contributed by atoms with Gasteiger partial charge in [-0.3, -0.25) is 4.68 Å². The van der Waals surface area contributed by atoms with Gasteiger partial charge in [0.25, 0.3) is 0 Å². The molecule has 2 atom stereocenters. The van der Waals surface area contributed by atoms with Crippen LogP contribution in [-0.4, -0.2) is 35.7 Å². The van der Waals surface area contributed by atoms with E-state index in [1.807, 2.05) is 19.3 Å². The topological polar surface area (TPSA) is 64.0 Å². The first kappa shape index (κ1) is 14.5. The van der Waals surface area contributed by atoms with E-state index in [2.05, 4.69) is 17.3 Å². The van der Waals surface area contributed by atoms with Crippen LogP contribution in [0.25, 0.3) is 0 Å². The van der Waals surface area contributed by atoms with Gasteiger partial charge in [-0.05, 0) is 31.9 Å². The third-order valence-corrected chi connectivity index (χ3v) is 5.96. The highest BCUT2D eigenvalue weighted by molar-refractivity contribution is 7.92. The molecule has 19 heavy (non-hydrogen) atoms. The Morgan fingerprint density at radius 2 is 2.32 bits per heavy atom. The first-order chi connectivity index (χ1) is 9.04. The van der Waals surface area contributed by atoms with Crippen LogP contribution in [0.5, 0.6) is 0 Å². The molecule has 1 N–H and O–H groups in total. The number of rotatable bonds is 5. The lowest BCUT2D eigenvalue weighted by atomic mass is 10.0. The van der Waals surface area contributed by atoms with Crippen molar-refractivity contribution in [3.8, 4) is 0 Å². The normalized spacial score (nSPS) is 24.2. The zero-order chi connectivity index (χ0) is 13.9. The molecule has 2 rings (SSSR count). The molecule has 0 amide bonds. The van der Waals surface area contributed by atoms with Crippen molar-refractivity contribution in [2.45, 2.75) is 43.9 Å². The molecule has 0 aromatic carbocycles. The Hall–Kier alpha value is -0.880. The molecule has 1 fully saturated rings. The van der Waals surface area contributed by atoms with Crippen LogP contribution < -0.4 is 5.32 Å². The lowest BCUT2D eigenvalue weighted by Crippen LogP contribution is -2.41. The first-order valence-corrected chi connectivity index (χ1v) is 8.70. The summed E-state index contributed by atoms with van der Waals surface area (Å²) in [5.41, 5.74) is 0.839. The van der Waals surface area contributed by atoms with Gasteiger partial charge in [-0.2, -0.15) is 5.10 Å². The summed E-state index contributed by atoms with van der Waals surface area (Å²) < 4.78 is 26.3. The van der Waals surface area contributed by atoms with Crippen LogP contribution in [0, 0.1) is 0 Å². The van der Waals surface area contributed by atoms with E-state index in [-0.39, 0.29) is 11.3 Å². The van der Waals surface area contributed by atoms with Gasteiger partial charge >= 0.3 is 0 Å². The second-order valence-corrected chi connectivity index (χ2v) is 7.59. The number of sulfone groups is 1. The molecule has 2 heterocycles. The van der Waals surface area contributed by atoms with Crippen molar-refractivity contribution >= 4 is 9.84 Å². The summed E-state index contributed by atoms with van der Waals surface area (Å²) >= 11 is 0. The van der Waals surface area contributed by atoms with Gasteiger partial charge < -0.3 is 5.32 Å². The Balaban J connectivity index is 2.26. The minimum Gasteiger partial charge on any atom is -0.308 e. The molecule has 1 aliphatic rings. The average molecular weight is 285 g/mol. The third-order valence-electron chi connectivity index (χ3n) is 3.67. The lowest BCUT2D eigenvalue weighted by molar-refractivity contribution is 0.437. The summed E-state index contributed by atoms with van der Waals surface area (Å²) in [5.74, 6) is 0.314. The molecule has 1 aliphatic heterocycles.